The lowest BCUT2D eigenvalue weighted by atomic mass is 10.1. The van der Waals surface area contributed by atoms with E-state index in [-0.39, 0.29) is 5.69 Å². The second-order valence-corrected chi connectivity index (χ2v) is 9.51. The zero-order chi connectivity index (χ0) is 24.0. The van der Waals surface area contributed by atoms with Crippen molar-refractivity contribution >= 4 is 35.1 Å². The number of para-hydroxylation sites is 1. The summed E-state index contributed by atoms with van der Waals surface area (Å²) >= 11 is 2.86. The summed E-state index contributed by atoms with van der Waals surface area (Å²) in [7, 11) is 0. The van der Waals surface area contributed by atoms with Crippen molar-refractivity contribution in [2.24, 2.45) is 0 Å². The van der Waals surface area contributed by atoms with Crippen LogP contribution in [0.5, 0.6) is 0 Å². The Bertz CT molecular complexity index is 1080. The summed E-state index contributed by atoms with van der Waals surface area (Å²) in [6, 6.07) is 13.2. The molecule has 1 unspecified atom stereocenters. The van der Waals surface area contributed by atoms with E-state index in [1.54, 1.807) is 11.8 Å². The molecule has 0 aliphatic rings. The fourth-order valence-electron chi connectivity index (χ4n) is 3.12. The standard InChI is InChI=1S/C23H25F3N4OS2/c1-4-19(21(31)27-18-9-7-6-8-17(18)23(24,25)26)33-22-29-28-20(30(22)5-2)14-32-16-12-10-15(3)11-13-16/h6-13,19H,4-5,14H2,1-3H3,(H,27,31). The van der Waals surface area contributed by atoms with Crippen LogP contribution in [-0.4, -0.2) is 25.9 Å². The van der Waals surface area contributed by atoms with Crippen molar-refractivity contribution in [3.8, 4) is 0 Å². The lowest BCUT2D eigenvalue weighted by Gasteiger charge is -2.17. The molecule has 0 saturated heterocycles. The summed E-state index contributed by atoms with van der Waals surface area (Å²) in [5.74, 6) is 0.899. The van der Waals surface area contributed by atoms with Crippen LogP contribution in [0.2, 0.25) is 0 Å². The van der Waals surface area contributed by atoms with Gasteiger partial charge in [0.25, 0.3) is 0 Å². The number of anilines is 1. The van der Waals surface area contributed by atoms with Crippen LogP contribution in [-0.2, 0) is 23.3 Å². The van der Waals surface area contributed by atoms with Gasteiger partial charge in [-0.2, -0.15) is 13.2 Å². The van der Waals surface area contributed by atoms with Gasteiger partial charge in [-0.15, -0.1) is 22.0 Å². The molecule has 0 bridgehead atoms. The summed E-state index contributed by atoms with van der Waals surface area (Å²) in [6.45, 7) is 6.43. The highest BCUT2D eigenvalue weighted by Crippen LogP contribution is 2.35. The molecule has 3 rings (SSSR count). The molecule has 0 aliphatic heterocycles. The van der Waals surface area contributed by atoms with Crippen molar-refractivity contribution < 1.29 is 18.0 Å². The monoisotopic (exact) mass is 494 g/mol. The summed E-state index contributed by atoms with van der Waals surface area (Å²) in [6.07, 6.45) is -4.13. The van der Waals surface area contributed by atoms with Crippen LogP contribution in [0.25, 0.3) is 0 Å². The first-order valence-corrected chi connectivity index (χ1v) is 12.3. The van der Waals surface area contributed by atoms with Crippen molar-refractivity contribution in [2.45, 2.75) is 61.0 Å². The molecule has 10 heteroatoms. The largest absolute Gasteiger partial charge is 0.418 e. The number of amides is 1. The number of alkyl halides is 3. The van der Waals surface area contributed by atoms with Crippen molar-refractivity contribution in [3.05, 3.63) is 65.5 Å². The van der Waals surface area contributed by atoms with Crippen LogP contribution in [0, 0.1) is 6.92 Å². The Morgan fingerprint density at radius 1 is 1.09 bits per heavy atom. The number of thioether (sulfide) groups is 2. The highest BCUT2D eigenvalue weighted by molar-refractivity contribution is 8.00. The van der Waals surface area contributed by atoms with Crippen molar-refractivity contribution in [1.82, 2.24) is 14.8 Å². The first-order valence-electron chi connectivity index (χ1n) is 10.5. The Hall–Kier alpha value is -2.46. The quantitative estimate of drug-likeness (QED) is 0.348. The third-order valence-electron chi connectivity index (χ3n) is 4.90. The molecule has 0 fully saturated rings. The van der Waals surface area contributed by atoms with Crippen molar-refractivity contribution in [2.75, 3.05) is 5.32 Å². The van der Waals surface area contributed by atoms with Crippen molar-refractivity contribution in [3.63, 3.8) is 0 Å². The molecule has 0 saturated carbocycles. The van der Waals surface area contributed by atoms with E-state index in [0.29, 0.717) is 23.9 Å². The number of hydrogen-bond donors (Lipinski definition) is 1. The molecule has 3 aromatic rings. The molecule has 2 aromatic carbocycles. The van der Waals surface area contributed by atoms with Crippen molar-refractivity contribution in [1.29, 1.82) is 0 Å². The van der Waals surface area contributed by atoms with Gasteiger partial charge >= 0.3 is 6.18 Å². The van der Waals surface area contributed by atoms with Gasteiger partial charge in [-0.3, -0.25) is 4.79 Å². The van der Waals surface area contributed by atoms with Crippen LogP contribution in [0.1, 0.15) is 37.2 Å². The van der Waals surface area contributed by atoms with E-state index >= 15 is 0 Å². The van der Waals surface area contributed by atoms with Gasteiger partial charge in [0.15, 0.2) is 5.16 Å². The lowest BCUT2D eigenvalue weighted by Crippen LogP contribution is -2.26. The molecule has 176 valence electrons. The molecule has 1 N–H and O–H groups in total. The van der Waals surface area contributed by atoms with Gasteiger partial charge in [0.05, 0.1) is 22.3 Å². The summed E-state index contributed by atoms with van der Waals surface area (Å²) < 4.78 is 41.7. The van der Waals surface area contributed by atoms with E-state index in [0.717, 1.165) is 16.8 Å². The molecular weight excluding hydrogens is 469 g/mol. The minimum absolute atomic E-state index is 0.249. The highest BCUT2D eigenvalue weighted by atomic mass is 32.2. The minimum atomic E-state index is -4.55. The highest BCUT2D eigenvalue weighted by Gasteiger charge is 2.34. The van der Waals surface area contributed by atoms with Crippen LogP contribution in [0.3, 0.4) is 0 Å². The van der Waals surface area contributed by atoms with E-state index in [9.17, 15) is 18.0 Å². The van der Waals surface area contributed by atoms with Gasteiger partial charge in [-0.25, -0.2) is 0 Å². The second kappa shape index (κ2) is 11.1. The number of carbonyl (C=O) groups excluding carboxylic acids is 1. The zero-order valence-corrected chi connectivity index (χ0v) is 20.2. The average molecular weight is 495 g/mol. The van der Waals surface area contributed by atoms with Crippen LogP contribution >= 0.6 is 23.5 Å². The number of rotatable bonds is 9. The number of benzene rings is 2. The first kappa shape index (κ1) is 25.2. The Morgan fingerprint density at radius 3 is 2.42 bits per heavy atom. The SMILES string of the molecule is CCC(Sc1nnc(CSc2ccc(C)cc2)n1CC)C(=O)Nc1ccccc1C(F)(F)F. The van der Waals surface area contributed by atoms with Gasteiger partial charge in [0, 0.05) is 11.4 Å². The number of nitrogens with zero attached hydrogens (tertiary/aromatic N) is 3. The molecule has 0 spiro atoms. The third-order valence-corrected chi connectivity index (χ3v) is 7.25. The molecule has 1 heterocycles. The summed E-state index contributed by atoms with van der Waals surface area (Å²) in [5, 5.41) is 10.9. The number of aromatic nitrogens is 3. The Balaban J connectivity index is 1.71. The zero-order valence-electron chi connectivity index (χ0n) is 18.5. The van der Waals surface area contributed by atoms with E-state index in [1.165, 1.54) is 35.5 Å². The number of nitrogens with one attached hydrogen (secondary N) is 1. The molecule has 1 aromatic heterocycles. The predicted molar refractivity (Wildman–Crippen MR) is 126 cm³/mol. The third kappa shape index (κ3) is 6.54. The fraction of sp³-hybridized carbons (Fsp3) is 0.348. The molecule has 0 aliphatic carbocycles. The second-order valence-electron chi connectivity index (χ2n) is 7.29. The Morgan fingerprint density at radius 2 is 1.79 bits per heavy atom. The molecule has 5 nitrogen and oxygen atoms in total. The molecule has 1 atom stereocenters. The molecule has 0 radical (unpaired) electrons. The van der Waals surface area contributed by atoms with Gasteiger partial charge in [-0.05, 0) is 44.5 Å². The maximum Gasteiger partial charge on any atom is 0.418 e. The average Bonchev–Trinajstić information content (AvgIpc) is 3.18. The van der Waals surface area contributed by atoms with Gasteiger partial charge in [-0.1, -0.05) is 48.5 Å². The summed E-state index contributed by atoms with van der Waals surface area (Å²) in [4.78, 5) is 13.9. The molecule has 1 amide bonds. The smallest absolute Gasteiger partial charge is 0.325 e. The van der Waals surface area contributed by atoms with E-state index < -0.39 is 22.9 Å². The Labute approximate surface area is 199 Å². The number of aryl methyl sites for hydroxylation is 1. The van der Waals surface area contributed by atoms with E-state index in [4.69, 9.17) is 0 Å². The van der Waals surface area contributed by atoms with Crippen LogP contribution in [0.15, 0.2) is 58.6 Å². The van der Waals surface area contributed by atoms with Crippen LogP contribution in [0.4, 0.5) is 18.9 Å². The minimum Gasteiger partial charge on any atom is -0.325 e. The normalized spacial score (nSPS) is 12.5. The number of hydrogen-bond acceptors (Lipinski definition) is 5. The summed E-state index contributed by atoms with van der Waals surface area (Å²) in [5.41, 5.74) is 0.0723. The maximum absolute atomic E-state index is 13.3. The Kier molecular flexibility index (Phi) is 8.47. The first-order chi connectivity index (χ1) is 15.7. The van der Waals surface area contributed by atoms with Gasteiger partial charge in [0.1, 0.15) is 5.82 Å². The predicted octanol–water partition coefficient (Wildman–Crippen LogP) is 6.43. The number of carbonyl (C=O) groups is 1. The topological polar surface area (TPSA) is 59.8 Å². The van der Waals surface area contributed by atoms with Gasteiger partial charge in [0.2, 0.25) is 5.91 Å². The van der Waals surface area contributed by atoms with E-state index in [2.05, 4.69) is 39.8 Å². The lowest BCUT2D eigenvalue weighted by molar-refractivity contribution is -0.137. The number of halogens is 3. The van der Waals surface area contributed by atoms with Gasteiger partial charge < -0.3 is 9.88 Å². The van der Waals surface area contributed by atoms with E-state index in [1.807, 2.05) is 25.3 Å². The molecular formula is C23H25F3N4OS2. The molecule has 33 heavy (non-hydrogen) atoms. The fourth-order valence-corrected chi connectivity index (χ4v) is 4.99. The maximum atomic E-state index is 13.3. The van der Waals surface area contributed by atoms with Crippen LogP contribution < -0.4 is 5.32 Å².